The number of carbonyl (C=O) groups excluding carboxylic acids is 1. The number of ether oxygens (including phenoxy) is 1. The molecule has 0 unspecified atom stereocenters. The number of unbranched alkanes of at least 4 members (excludes halogenated alkanes) is 1. The zero-order chi connectivity index (χ0) is 25.4. The maximum Gasteiger partial charge on any atom is 0.162 e. The van der Waals surface area contributed by atoms with Gasteiger partial charge in [-0.25, -0.2) is 0 Å². The van der Waals surface area contributed by atoms with E-state index in [1.54, 1.807) is 0 Å². The van der Waals surface area contributed by atoms with Crippen LogP contribution in [0.15, 0.2) is 84.9 Å². The molecule has 1 fully saturated rings. The summed E-state index contributed by atoms with van der Waals surface area (Å²) in [7, 11) is 0. The van der Waals surface area contributed by atoms with E-state index in [9.17, 15) is 4.79 Å². The number of likely N-dealkylation sites (tertiary alicyclic amines) is 1. The third-order valence-electron chi connectivity index (χ3n) is 7.27. The van der Waals surface area contributed by atoms with Gasteiger partial charge in [-0.2, -0.15) is 0 Å². The van der Waals surface area contributed by atoms with Crippen LogP contribution in [0.1, 0.15) is 86.0 Å². The van der Waals surface area contributed by atoms with Gasteiger partial charge in [0.1, 0.15) is 6.10 Å². The van der Waals surface area contributed by atoms with Crippen molar-refractivity contribution >= 4 is 5.78 Å². The van der Waals surface area contributed by atoms with Crippen molar-refractivity contribution in [1.29, 1.82) is 0 Å². The fourth-order valence-electron chi connectivity index (χ4n) is 4.99. The number of hydrogen-bond acceptors (Lipinski definition) is 3. The molecule has 3 heteroatoms. The Morgan fingerprint density at radius 2 is 1.39 bits per heavy atom. The van der Waals surface area contributed by atoms with E-state index in [-0.39, 0.29) is 23.4 Å². The zero-order valence-corrected chi connectivity index (χ0v) is 22.2. The molecule has 36 heavy (non-hydrogen) atoms. The lowest BCUT2D eigenvalue weighted by Gasteiger charge is -2.34. The summed E-state index contributed by atoms with van der Waals surface area (Å²) >= 11 is 0. The van der Waals surface area contributed by atoms with Crippen LogP contribution >= 0.6 is 0 Å². The molecule has 3 aromatic rings. The maximum atomic E-state index is 12.6. The van der Waals surface area contributed by atoms with Gasteiger partial charge in [0.2, 0.25) is 0 Å². The highest BCUT2D eigenvalue weighted by Gasteiger charge is 2.24. The summed E-state index contributed by atoms with van der Waals surface area (Å²) < 4.78 is 6.68. The van der Waals surface area contributed by atoms with E-state index in [1.807, 2.05) is 12.1 Å². The number of Topliss-reactive ketones (excluding diaryl/α,β-unsaturated/α-hetero) is 1. The van der Waals surface area contributed by atoms with Crippen molar-refractivity contribution in [1.82, 2.24) is 4.90 Å². The molecule has 3 nitrogen and oxygen atoms in total. The van der Waals surface area contributed by atoms with Gasteiger partial charge in [-0.3, -0.25) is 4.79 Å². The summed E-state index contributed by atoms with van der Waals surface area (Å²) in [5.74, 6) is 0.260. The van der Waals surface area contributed by atoms with Crippen molar-refractivity contribution in [3.05, 3.63) is 107 Å². The summed E-state index contributed by atoms with van der Waals surface area (Å²) in [6.07, 6.45) is 4.99. The van der Waals surface area contributed by atoms with E-state index < -0.39 is 0 Å². The Labute approximate surface area is 217 Å². The second-order valence-electron chi connectivity index (χ2n) is 11.1. The van der Waals surface area contributed by atoms with Gasteiger partial charge in [0.15, 0.2) is 5.78 Å². The lowest BCUT2D eigenvalue weighted by Crippen LogP contribution is -2.38. The van der Waals surface area contributed by atoms with Crippen LogP contribution in [-0.2, 0) is 10.2 Å². The molecule has 0 N–H and O–H groups in total. The van der Waals surface area contributed by atoms with Crippen molar-refractivity contribution in [3.63, 3.8) is 0 Å². The fraction of sp³-hybridized carbons (Fsp3) is 0.424. The van der Waals surface area contributed by atoms with Crippen molar-refractivity contribution in [2.45, 2.75) is 70.5 Å². The number of ketones is 1. The molecule has 190 valence electrons. The highest BCUT2D eigenvalue weighted by molar-refractivity contribution is 5.96. The Balaban J connectivity index is 1.20. The molecule has 3 aromatic carbocycles. The normalized spacial score (nSPS) is 15.3. The number of hydrogen-bond donors (Lipinski definition) is 0. The summed E-state index contributed by atoms with van der Waals surface area (Å²) in [6.45, 7) is 9.77. The van der Waals surface area contributed by atoms with Gasteiger partial charge in [0.25, 0.3) is 0 Å². The maximum absolute atomic E-state index is 12.6. The van der Waals surface area contributed by atoms with Crippen LogP contribution in [0.2, 0.25) is 0 Å². The van der Waals surface area contributed by atoms with Gasteiger partial charge in [-0.1, -0.05) is 106 Å². The number of carbonyl (C=O) groups is 1. The van der Waals surface area contributed by atoms with Crippen molar-refractivity contribution in [3.8, 4) is 0 Å². The number of benzene rings is 3. The first kappa shape index (κ1) is 26.3. The Morgan fingerprint density at radius 3 is 1.92 bits per heavy atom. The molecule has 1 aliphatic heterocycles. The van der Waals surface area contributed by atoms with Crippen molar-refractivity contribution in [2.75, 3.05) is 19.6 Å². The molecule has 1 aliphatic rings. The van der Waals surface area contributed by atoms with Crippen LogP contribution in [0.25, 0.3) is 0 Å². The Kier molecular flexibility index (Phi) is 9.12. The lowest BCUT2D eigenvalue weighted by molar-refractivity contribution is -0.0270. The highest BCUT2D eigenvalue weighted by atomic mass is 16.5. The van der Waals surface area contributed by atoms with E-state index in [0.29, 0.717) is 6.42 Å². The monoisotopic (exact) mass is 483 g/mol. The first-order valence-corrected chi connectivity index (χ1v) is 13.5. The Hall–Kier alpha value is -2.75. The molecular formula is C33H41NO2. The van der Waals surface area contributed by atoms with E-state index >= 15 is 0 Å². The van der Waals surface area contributed by atoms with Crippen molar-refractivity contribution < 1.29 is 9.53 Å². The first-order valence-electron chi connectivity index (χ1n) is 13.5. The largest absolute Gasteiger partial charge is 0.365 e. The molecule has 0 spiro atoms. The minimum absolute atomic E-state index is 0.0209. The van der Waals surface area contributed by atoms with Crippen LogP contribution in [0.5, 0.6) is 0 Å². The smallest absolute Gasteiger partial charge is 0.162 e. The molecule has 0 aliphatic carbocycles. The van der Waals surface area contributed by atoms with Crippen LogP contribution < -0.4 is 0 Å². The molecule has 4 rings (SSSR count). The van der Waals surface area contributed by atoms with Gasteiger partial charge >= 0.3 is 0 Å². The van der Waals surface area contributed by atoms with Gasteiger partial charge < -0.3 is 9.64 Å². The Morgan fingerprint density at radius 1 is 0.833 bits per heavy atom. The van der Waals surface area contributed by atoms with Crippen LogP contribution in [0, 0.1) is 0 Å². The molecule has 0 amide bonds. The highest BCUT2D eigenvalue weighted by Crippen LogP contribution is 2.30. The predicted molar refractivity (Wildman–Crippen MR) is 149 cm³/mol. The molecule has 0 atom stereocenters. The number of rotatable bonds is 10. The first-order chi connectivity index (χ1) is 17.4. The second kappa shape index (κ2) is 12.5. The van der Waals surface area contributed by atoms with E-state index in [4.69, 9.17) is 4.74 Å². The minimum atomic E-state index is -0.0209. The van der Waals surface area contributed by atoms with E-state index in [1.165, 1.54) is 16.7 Å². The molecular weight excluding hydrogens is 442 g/mol. The third-order valence-corrected chi connectivity index (χ3v) is 7.27. The molecule has 1 heterocycles. The van der Waals surface area contributed by atoms with E-state index in [2.05, 4.69) is 98.5 Å². The third kappa shape index (κ3) is 7.38. The van der Waals surface area contributed by atoms with Crippen LogP contribution in [-0.4, -0.2) is 36.4 Å². The quantitative estimate of drug-likeness (QED) is 0.220. The molecule has 0 aromatic heterocycles. The van der Waals surface area contributed by atoms with Gasteiger partial charge in [-0.15, -0.1) is 0 Å². The molecule has 0 bridgehead atoms. The second-order valence-corrected chi connectivity index (χ2v) is 11.1. The topological polar surface area (TPSA) is 29.5 Å². The minimum Gasteiger partial charge on any atom is -0.365 e. The van der Waals surface area contributed by atoms with Gasteiger partial charge in [0, 0.05) is 25.1 Å². The molecule has 0 radical (unpaired) electrons. The average molecular weight is 484 g/mol. The lowest BCUT2D eigenvalue weighted by atomic mass is 9.86. The molecule has 1 saturated heterocycles. The van der Waals surface area contributed by atoms with Crippen molar-refractivity contribution in [2.24, 2.45) is 0 Å². The van der Waals surface area contributed by atoms with E-state index in [0.717, 1.165) is 50.9 Å². The Bertz CT molecular complexity index is 1020. The SMILES string of the molecule is CC(C)(C)c1ccc(C(=O)CCCCN2CCC(OC(c3ccccc3)c3ccccc3)CC2)cc1. The standard InChI is InChI=1S/C33H41NO2/c1-33(2,3)29-19-17-26(18-20-29)31(35)16-10-11-23-34-24-21-30(22-25-34)36-32(27-12-6-4-7-13-27)28-14-8-5-9-15-28/h4-9,12-15,17-20,30,32H,10-11,16,21-25H2,1-3H3. The van der Waals surface area contributed by atoms with Crippen LogP contribution in [0.3, 0.4) is 0 Å². The predicted octanol–water partition coefficient (Wildman–Crippen LogP) is 7.61. The summed E-state index contributed by atoms with van der Waals surface area (Å²) in [5.41, 5.74) is 4.65. The zero-order valence-electron chi connectivity index (χ0n) is 22.2. The number of nitrogens with zero attached hydrogens (tertiary/aromatic N) is 1. The fourth-order valence-corrected chi connectivity index (χ4v) is 4.99. The molecule has 0 saturated carbocycles. The summed E-state index contributed by atoms with van der Waals surface area (Å²) in [5, 5.41) is 0. The van der Waals surface area contributed by atoms with Gasteiger partial charge in [0.05, 0.1) is 6.10 Å². The average Bonchev–Trinajstić information content (AvgIpc) is 2.91. The summed E-state index contributed by atoms with van der Waals surface area (Å²) in [4.78, 5) is 15.1. The van der Waals surface area contributed by atoms with Gasteiger partial charge in [-0.05, 0) is 54.3 Å². The number of piperidine rings is 1. The van der Waals surface area contributed by atoms with Crippen LogP contribution in [0.4, 0.5) is 0 Å². The summed E-state index contributed by atoms with van der Waals surface area (Å²) in [6, 6.07) is 29.3.